The van der Waals surface area contributed by atoms with E-state index in [9.17, 15) is 0 Å². The molecule has 0 saturated heterocycles. The fourth-order valence-electron chi connectivity index (χ4n) is 8.20. The van der Waals surface area contributed by atoms with Crippen molar-refractivity contribution in [3.8, 4) is 33.4 Å². The topological polar surface area (TPSA) is 26.3 Å². The maximum absolute atomic E-state index is 6.63. The SMILES string of the molecule is CC1(C)c2cccc(-c3c4ccccc4c(-c4coc5ccccc45)c4ccccc34)c2-c2ccc3c(oc4ccccc43)c21. The van der Waals surface area contributed by atoms with Crippen molar-refractivity contribution in [1.29, 1.82) is 0 Å². The maximum Gasteiger partial charge on any atom is 0.140 e. The molecule has 1 aliphatic carbocycles. The monoisotopic (exact) mass is 576 g/mol. The Morgan fingerprint density at radius 3 is 1.69 bits per heavy atom. The normalized spacial score (nSPS) is 13.7. The zero-order chi connectivity index (χ0) is 29.9. The quantitative estimate of drug-likeness (QED) is 0.191. The van der Waals surface area contributed by atoms with Crippen molar-refractivity contribution in [2.45, 2.75) is 19.3 Å². The highest BCUT2D eigenvalue weighted by Gasteiger charge is 2.40. The van der Waals surface area contributed by atoms with Crippen molar-refractivity contribution in [3.63, 3.8) is 0 Å². The van der Waals surface area contributed by atoms with E-state index < -0.39 is 0 Å². The minimum Gasteiger partial charge on any atom is -0.464 e. The number of fused-ring (bicyclic) bond motifs is 10. The van der Waals surface area contributed by atoms with E-state index in [2.05, 4.69) is 129 Å². The fraction of sp³-hybridized carbons (Fsp3) is 0.0698. The fourth-order valence-corrected chi connectivity index (χ4v) is 8.20. The Morgan fingerprint density at radius 2 is 1.00 bits per heavy atom. The molecular weight excluding hydrogens is 548 g/mol. The number of hydrogen-bond acceptors (Lipinski definition) is 2. The van der Waals surface area contributed by atoms with E-state index in [0.29, 0.717) is 0 Å². The summed E-state index contributed by atoms with van der Waals surface area (Å²) in [6, 6.07) is 45.9. The molecule has 0 spiro atoms. The van der Waals surface area contributed by atoms with Crippen LogP contribution in [0.3, 0.4) is 0 Å². The summed E-state index contributed by atoms with van der Waals surface area (Å²) >= 11 is 0. The van der Waals surface area contributed by atoms with Crippen molar-refractivity contribution in [2.75, 3.05) is 0 Å². The summed E-state index contributed by atoms with van der Waals surface area (Å²) in [4.78, 5) is 0. The van der Waals surface area contributed by atoms with Crippen molar-refractivity contribution in [3.05, 3.63) is 145 Å². The van der Waals surface area contributed by atoms with Gasteiger partial charge in [0.1, 0.15) is 16.7 Å². The van der Waals surface area contributed by atoms with Gasteiger partial charge < -0.3 is 8.83 Å². The van der Waals surface area contributed by atoms with E-state index in [1.165, 1.54) is 71.3 Å². The molecule has 0 aliphatic heterocycles. The first kappa shape index (κ1) is 24.8. The van der Waals surface area contributed by atoms with Crippen LogP contribution in [0.15, 0.2) is 142 Å². The molecule has 1 aliphatic rings. The molecule has 0 amide bonds. The molecule has 2 aromatic heterocycles. The smallest absolute Gasteiger partial charge is 0.140 e. The molecule has 2 nitrogen and oxygen atoms in total. The molecule has 0 unspecified atom stereocenters. The van der Waals surface area contributed by atoms with Crippen LogP contribution in [0.2, 0.25) is 0 Å². The van der Waals surface area contributed by atoms with Crippen molar-refractivity contribution in [1.82, 2.24) is 0 Å². The van der Waals surface area contributed by atoms with Gasteiger partial charge in [-0.05, 0) is 67.6 Å². The summed E-state index contributed by atoms with van der Waals surface area (Å²) in [6.45, 7) is 4.69. The predicted octanol–water partition coefficient (Wildman–Crippen LogP) is 12.3. The van der Waals surface area contributed by atoms with Gasteiger partial charge >= 0.3 is 0 Å². The number of rotatable bonds is 2. The van der Waals surface area contributed by atoms with Crippen LogP contribution >= 0.6 is 0 Å². The van der Waals surface area contributed by atoms with Gasteiger partial charge in [0, 0.05) is 38.3 Å². The highest BCUT2D eigenvalue weighted by molar-refractivity contribution is 6.24. The Morgan fingerprint density at radius 1 is 0.422 bits per heavy atom. The summed E-state index contributed by atoms with van der Waals surface area (Å²) in [5.74, 6) is 0. The van der Waals surface area contributed by atoms with E-state index in [1.807, 2.05) is 18.4 Å². The van der Waals surface area contributed by atoms with Crippen molar-refractivity contribution >= 4 is 54.5 Å². The van der Waals surface area contributed by atoms with E-state index in [0.717, 1.165) is 27.7 Å². The molecule has 0 saturated carbocycles. The molecule has 45 heavy (non-hydrogen) atoms. The van der Waals surface area contributed by atoms with E-state index in [-0.39, 0.29) is 5.41 Å². The maximum atomic E-state index is 6.63. The van der Waals surface area contributed by atoms with E-state index in [1.54, 1.807) is 0 Å². The Balaban J connectivity index is 1.34. The highest BCUT2D eigenvalue weighted by atomic mass is 16.3. The summed E-state index contributed by atoms with van der Waals surface area (Å²) in [6.07, 6.45) is 1.93. The molecule has 0 radical (unpaired) electrons. The Bertz CT molecular complexity index is 2620. The zero-order valence-corrected chi connectivity index (χ0v) is 25.0. The third kappa shape index (κ3) is 3.18. The minimum absolute atomic E-state index is 0.227. The third-order valence-electron chi connectivity index (χ3n) is 10.1. The minimum atomic E-state index is -0.227. The van der Waals surface area contributed by atoms with Crippen LogP contribution in [-0.2, 0) is 5.41 Å². The second-order valence-electron chi connectivity index (χ2n) is 12.8. The van der Waals surface area contributed by atoms with Gasteiger partial charge in [0.05, 0.1) is 6.26 Å². The Hall–Kier alpha value is -5.60. The van der Waals surface area contributed by atoms with Gasteiger partial charge in [-0.2, -0.15) is 0 Å². The molecular formula is C43H28O2. The Labute approximate surface area is 260 Å². The van der Waals surface area contributed by atoms with Crippen LogP contribution in [0.25, 0.3) is 87.8 Å². The Kier molecular flexibility index (Phi) is 4.82. The van der Waals surface area contributed by atoms with Crippen LogP contribution in [-0.4, -0.2) is 0 Å². The lowest BCUT2D eigenvalue weighted by Crippen LogP contribution is -2.15. The molecule has 0 bridgehead atoms. The molecule has 0 N–H and O–H groups in total. The number of benzene rings is 7. The number of para-hydroxylation sites is 2. The van der Waals surface area contributed by atoms with E-state index >= 15 is 0 Å². The molecule has 0 fully saturated rings. The van der Waals surface area contributed by atoms with Gasteiger partial charge in [0.15, 0.2) is 0 Å². The summed E-state index contributed by atoms with van der Waals surface area (Å²) in [7, 11) is 0. The average Bonchev–Trinajstić information content (AvgIpc) is 3.74. The second kappa shape index (κ2) is 8.74. The van der Waals surface area contributed by atoms with Crippen LogP contribution in [0.1, 0.15) is 25.0 Å². The highest BCUT2D eigenvalue weighted by Crippen LogP contribution is 2.57. The van der Waals surface area contributed by atoms with Crippen LogP contribution < -0.4 is 0 Å². The molecule has 9 aromatic rings. The first-order chi connectivity index (χ1) is 22.1. The first-order valence-corrected chi connectivity index (χ1v) is 15.6. The van der Waals surface area contributed by atoms with Crippen LogP contribution in [0, 0.1) is 0 Å². The third-order valence-corrected chi connectivity index (χ3v) is 10.1. The summed E-state index contributed by atoms with van der Waals surface area (Å²) < 4.78 is 12.7. The van der Waals surface area contributed by atoms with Crippen LogP contribution in [0.5, 0.6) is 0 Å². The molecule has 212 valence electrons. The van der Waals surface area contributed by atoms with Crippen molar-refractivity contribution < 1.29 is 8.83 Å². The zero-order valence-electron chi connectivity index (χ0n) is 25.0. The molecule has 7 aromatic carbocycles. The van der Waals surface area contributed by atoms with Gasteiger partial charge in [-0.15, -0.1) is 0 Å². The van der Waals surface area contributed by atoms with Gasteiger partial charge in [0.25, 0.3) is 0 Å². The number of hydrogen-bond donors (Lipinski definition) is 0. The average molecular weight is 577 g/mol. The van der Waals surface area contributed by atoms with Crippen LogP contribution in [0.4, 0.5) is 0 Å². The van der Waals surface area contributed by atoms with Gasteiger partial charge in [0.2, 0.25) is 0 Å². The second-order valence-corrected chi connectivity index (χ2v) is 12.8. The summed E-state index contributed by atoms with van der Waals surface area (Å²) in [5, 5.41) is 8.40. The van der Waals surface area contributed by atoms with Crippen molar-refractivity contribution in [2.24, 2.45) is 0 Å². The molecule has 2 heteroatoms. The van der Waals surface area contributed by atoms with E-state index in [4.69, 9.17) is 8.83 Å². The lowest BCUT2D eigenvalue weighted by molar-refractivity contribution is 0.617. The largest absolute Gasteiger partial charge is 0.464 e. The molecule has 0 atom stereocenters. The van der Waals surface area contributed by atoms with Gasteiger partial charge in [-0.25, -0.2) is 0 Å². The first-order valence-electron chi connectivity index (χ1n) is 15.6. The summed E-state index contributed by atoms with van der Waals surface area (Å²) in [5.41, 5.74) is 12.6. The van der Waals surface area contributed by atoms with Gasteiger partial charge in [-0.3, -0.25) is 0 Å². The lowest BCUT2D eigenvalue weighted by atomic mass is 9.80. The molecule has 2 heterocycles. The van der Waals surface area contributed by atoms with Gasteiger partial charge in [-0.1, -0.05) is 123 Å². The molecule has 10 rings (SSSR count). The lowest BCUT2D eigenvalue weighted by Gasteiger charge is -2.22. The number of furan rings is 2. The predicted molar refractivity (Wildman–Crippen MR) is 187 cm³/mol. The standard InChI is InChI=1S/C43H28O2/c1-43(2)35-19-11-18-32(40(35)33-23-22-31-25-12-8-10-21-37(25)45-42(31)41(33)43)38-27-14-3-5-16-29(27)39(30-17-6-4-15-28(30)38)34-24-44-36-20-9-7-13-26(34)36/h3-24H,1-2H3.